The van der Waals surface area contributed by atoms with Crippen molar-refractivity contribution in [1.82, 2.24) is 5.32 Å². The van der Waals surface area contributed by atoms with Gasteiger partial charge in [0, 0.05) is 11.8 Å². The van der Waals surface area contributed by atoms with Crippen LogP contribution < -0.4 is 5.32 Å². The molecule has 0 spiro atoms. The third-order valence-corrected chi connectivity index (χ3v) is 3.06. The van der Waals surface area contributed by atoms with Crippen LogP contribution in [0.4, 0.5) is 0 Å². The van der Waals surface area contributed by atoms with Gasteiger partial charge in [-0.05, 0) is 24.6 Å². The average molecular weight is 155 g/mol. The minimum Gasteiger partial charge on any atom is -0.313 e. The van der Waals surface area contributed by atoms with Crippen LogP contribution in [0.1, 0.15) is 6.42 Å². The number of rotatable bonds is 0. The molecule has 0 amide bonds. The summed E-state index contributed by atoms with van der Waals surface area (Å²) in [6.07, 6.45) is 2.89. The van der Waals surface area contributed by atoms with Gasteiger partial charge in [-0.15, -0.1) is 0 Å². The molecule has 0 unspecified atom stereocenters. The molecule has 0 aromatic heterocycles. The number of hydrogen-bond donors (Lipinski definition) is 1. The van der Waals surface area contributed by atoms with E-state index in [1.807, 2.05) is 0 Å². The summed E-state index contributed by atoms with van der Waals surface area (Å²) in [5, 5.41) is 3.99. The van der Waals surface area contributed by atoms with E-state index in [-0.39, 0.29) is 5.12 Å². The van der Waals surface area contributed by atoms with Crippen LogP contribution in [-0.2, 0) is 4.79 Å². The van der Waals surface area contributed by atoms with E-state index in [0.717, 1.165) is 19.5 Å². The summed E-state index contributed by atoms with van der Waals surface area (Å²) in [6.45, 7) is 1.98. The molecule has 0 aromatic carbocycles. The Bertz CT molecular complexity index is 200. The lowest BCUT2D eigenvalue weighted by Gasteiger charge is -2.19. The van der Waals surface area contributed by atoms with Crippen molar-refractivity contribution in [1.29, 1.82) is 0 Å². The van der Waals surface area contributed by atoms with Crippen LogP contribution in [0.25, 0.3) is 0 Å². The smallest absolute Gasteiger partial charge is 0.212 e. The minimum absolute atomic E-state index is 0.240. The quantitative estimate of drug-likeness (QED) is 0.554. The number of nitrogens with one attached hydrogen (secondary N) is 1. The molecule has 0 aromatic rings. The van der Waals surface area contributed by atoms with Gasteiger partial charge in [-0.1, -0.05) is 11.8 Å². The molecule has 2 nitrogen and oxygen atoms in total. The van der Waals surface area contributed by atoms with E-state index < -0.39 is 0 Å². The van der Waals surface area contributed by atoms with Crippen molar-refractivity contribution in [3.8, 4) is 0 Å². The molecular weight excluding hydrogens is 146 g/mol. The highest BCUT2D eigenvalue weighted by atomic mass is 32.2. The second kappa shape index (κ2) is 2.40. The Morgan fingerprint density at radius 2 is 2.60 bits per heavy atom. The summed E-state index contributed by atoms with van der Waals surface area (Å²) < 4.78 is 0. The molecule has 2 heterocycles. The predicted octanol–water partition coefficient (Wildman–Crippen LogP) is 0.548. The van der Waals surface area contributed by atoms with Crippen molar-refractivity contribution in [2.75, 3.05) is 13.1 Å². The first-order chi connectivity index (χ1) is 4.86. The summed E-state index contributed by atoms with van der Waals surface area (Å²) in [7, 11) is 0. The molecule has 0 saturated carbocycles. The highest BCUT2D eigenvalue weighted by Crippen LogP contribution is 2.31. The van der Waals surface area contributed by atoms with E-state index in [4.69, 9.17) is 0 Å². The van der Waals surface area contributed by atoms with Gasteiger partial charge in [0.15, 0.2) is 0 Å². The van der Waals surface area contributed by atoms with Crippen LogP contribution in [-0.4, -0.2) is 23.5 Å². The van der Waals surface area contributed by atoms with Crippen molar-refractivity contribution in [3.05, 3.63) is 11.6 Å². The largest absolute Gasteiger partial charge is 0.313 e. The fourth-order valence-corrected chi connectivity index (χ4v) is 2.41. The van der Waals surface area contributed by atoms with Crippen molar-refractivity contribution in [2.45, 2.75) is 11.7 Å². The molecule has 54 valence electrons. The number of thioether (sulfide) groups is 1. The fraction of sp³-hybridized carbons (Fsp3) is 0.571. The van der Waals surface area contributed by atoms with E-state index in [1.165, 1.54) is 17.3 Å². The Hall–Kier alpha value is -0.280. The van der Waals surface area contributed by atoms with Crippen molar-refractivity contribution < 1.29 is 4.79 Å². The molecule has 2 aliphatic rings. The van der Waals surface area contributed by atoms with E-state index in [1.54, 1.807) is 6.08 Å². The first kappa shape index (κ1) is 6.43. The molecule has 0 radical (unpaired) electrons. The maximum absolute atomic E-state index is 10.9. The third kappa shape index (κ3) is 0.995. The van der Waals surface area contributed by atoms with Gasteiger partial charge in [0.1, 0.15) is 0 Å². The highest BCUT2D eigenvalue weighted by Gasteiger charge is 2.27. The second-order valence-corrected chi connectivity index (χ2v) is 3.82. The fourth-order valence-electron chi connectivity index (χ4n) is 1.37. The number of hydrogen-bond acceptors (Lipinski definition) is 3. The first-order valence-electron chi connectivity index (χ1n) is 3.48. The van der Waals surface area contributed by atoms with E-state index in [2.05, 4.69) is 5.32 Å². The van der Waals surface area contributed by atoms with Gasteiger partial charge >= 0.3 is 0 Å². The zero-order chi connectivity index (χ0) is 6.97. The molecular formula is C7H9NOS. The number of fused-ring (bicyclic) bond motifs is 1. The van der Waals surface area contributed by atoms with Crippen LogP contribution in [0.2, 0.25) is 0 Å². The summed E-state index contributed by atoms with van der Waals surface area (Å²) in [5.74, 6) is 0. The van der Waals surface area contributed by atoms with Crippen molar-refractivity contribution in [3.63, 3.8) is 0 Å². The van der Waals surface area contributed by atoms with Gasteiger partial charge in [0.2, 0.25) is 5.12 Å². The highest BCUT2D eigenvalue weighted by molar-refractivity contribution is 8.15. The molecule has 1 N–H and O–H groups in total. The lowest BCUT2D eigenvalue weighted by atomic mass is 10.1. The molecule has 10 heavy (non-hydrogen) atoms. The monoisotopic (exact) mass is 155 g/mol. The van der Waals surface area contributed by atoms with Crippen molar-refractivity contribution in [2.24, 2.45) is 0 Å². The Labute approximate surface area is 64.1 Å². The summed E-state index contributed by atoms with van der Waals surface area (Å²) >= 11 is 1.48. The van der Waals surface area contributed by atoms with Gasteiger partial charge in [-0.25, -0.2) is 0 Å². The van der Waals surface area contributed by atoms with Crippen LogP contribution >= 0.6 is 11.8 Å². The SMILES string of the molecule is O=C1C=C2CNCC[C@H]2S1. The maximum Gasteiger partial charge on any atom is 0.212 e. The molecule has 2 aliphatic heterocycles. The van der Waals surface area contributed by atoms with Gasteiger partial charge in [-0.2, -0.15) is 0 Å². The van der Waals surface area contributed by atoms with Crippen molar-refractivity contribution >= 4 is 16.9 Å². The lowest BCUT2D eigenvalue weighted by molar-refractivity contribution is -0.106. The first-order valence-corrected chi connectivity index (χ1v) is 4.36. The van der Waals surface area contributed by atoms with Crippen LogP contribution in [0.3, 0.4) is 0 Å². The third-order valence-electron chi connectivity index (χ3n) is 1.89. The zero-order valence-electron chi connectivity index (χ0n) is 5.59. The zero-order valence-corrected chi connectivity index (χ0v) is 6.41. The Morgan fingerprint density at radius 3 is 3.40 bits per heavy atom. The average Bonchev–Trinajstić information content (AvgIpc) is 2.27. The Balaban J connectivity index is 2.17. The number of piperidine rings is 1. The minimum atomic E-state index is 0.240. The van der Waals surface area contributed by atoms with Gasteiger partial charge in [0.25, 0.3) is 0 Å². The number of carbonyl (C=O) groups excluding carboxylic acids is 1. The van der Waals surface area contributed by atoms with E-state index >= 15 is 0 Å². The topological polar surface area (TPSA) is 29.1 Å². The second-order valence-electron chi connectivity index (χ2n) is 2.61. The Morgan fingerprint density at radius 1 is 1.70 bits per heavy atom. The summed E-state index contributed by atoms with van der Waals surface area (Å²) in [4.78, 5) is 10.9. The lowest BCUT2D eigenvalue weighted by Crippen LogP contribution is -2.30. The van der Waals surface area contributed by atoms with Gasteiger partial charge in [-0.3, -0.25) is 4.79 Å². The summed E-state index contributed by atoms with van der Waals surface area (Å²) in [5.41, 5.74) is 1.29. The predicted molar refractivity (Wildman–Crippen MR) is 42.0 cm³/mol. The molecule has 1 saturated heterocycles. The molecule has 3 heteroatoms. The van der Waals surface area contributed by atoms with Gasteiger partial charge in [0.05, 0.1) is 0 Å². The number of carbonyl (C=O) groups is 1. The molecule has 0 bridgehead atoms. The molecule has 1 atom stereocenters. The maximum atomic E-state index is 10.9. The Kier molecular flexibility index (Phi) is 1.54. The van der Waals surface area contributed by atoms with E-state index in [0.29, 0.717) is 5.25 Å². The van der Waals surface area contributed by atoms with E-state index in [9.17, 15) is 4.79 Å². The standard InChI is InChI=1S/C7H9NOS/c9-7-3-5-4-8-2-1-6(5)10-7/h3,6,8H,1-2,4H2/t6-/m1/s1. The molecule has 1 fully saturated rings. The van der Waals surface area contributed by atoms with Crippen LogP contribution in [0.15, 0.2) is 11.6 Å². The summed E-state index contributed by atoms with van der Waals surface area (Å²) in [6, 6.07) is 0. The molecule has 2 rings (SSSR count). The van der Waals surface area contributed by atoms with Crippen LogP contribution in [0.5, 0.6) is 0 Å². The van der Waals surface area contributed by atoms with Crippen LogP contribution in [0, 0.1) is 0 Å². The molecule has 0 aliphatic carbocycles. The van der Waals surface area contributed by atoms with Gasteiger partial charge < -0.3 is 5.32 Å². The normalized spacial score (nSPS) is 31.8.